The number of para-hydroxylation sites is 1. The summed E-state index contributed by atoms with van der Waals surface area (Å²) in [4.78, 5) is 12.5. The summed E-state index contributed by atoms with van der Waals surface area (Å²) in [7, 11) is 0. The van der Waals surface area contributed by atoms with Gasteiger partial charge in [-0.15, -0.1) is 0 Å². The second-order valence-corrected chi connectivity index (χ2v) is 6.70. The third kappa shape index (κ3) is 5.27. The summed E-state index contributed by atoms with van der Waals surface area (Å²) in [6.07, 6.45) is 0.248. The summed E-state index contributed by atoms with van der Waals surface area (Å²) in [5, 5.41) is 3.60. The first kappa shape index (κ1) is 18.3. The number of rotatable bonds is 7. The molecular formula is C20H24ClNO2. The monoisotopic (exact) mass is 345 g/mol. The molecule has 0 aromatic heterocycles. The SMILES string of the molecule is CC(C)C[C@H](NC(=O)[C@H](C)Oc1ccccc1Cl)c1ccccc1. The van der Waals surface area contributed by atoms with Crippen molar-refractivity contribution in [3.05, 3.63) is 65.2 Å². The van der Waals surface area contributed by atoms with E-state index in [2.05, 4.69) is 19.2 Å². The van der Waals surface area contributed by atoms with Gasteiger partial charge < -0.3 is 10.1 Å². The fraction of sp³-hybridized carbons (Fsp3) is 0.350. The Hall–Kier alpha value is -2.00. The molecule has 0 fully saturated rings. The van der Waals surface area contributed by atoms with Gasteiger partial charge in [0, 0.05) is 0 Å². The number of carbonyl (C=O) groups is 1. The molecule has 4 heteroatoms. The van der Waals surface area contributed by atoms with Gasteiger partial charge in [-0.1, -0.05) is 67.9 Å². The summed E-state index contributed by atoms with van der Waals surface area (Å²) in [6, 6.07) is 17.1. The van der Waals surface area contributed by atoms with E-state index in [1.807, 2.05) is 42.5 Å². The molecule has 1 amide bonds. The van der Waals surface area contributed by atoms with Gasteiger partial charge in [-0.05, 0) is 37.0 Å². The Kier molecular flexibility index (Phi) is 6.68. The van der Waals surface area contributed by atoms with E-state index in [0.717, 1.165) is 12.0 Å². The van der Waals surface area contributed by atoms with Gasteiger partial charge in [0.2, 0.25) is 0 Å². The number of carbonyl (C=O) groups excluding carboxylic acids is 1. The summed E-state index contributed by atoms with van der Waals surface area (Å²) in [5.41, 5.74) is 1.10. The van der Waals surface area contributed by atoms with E-state index in [0.29, 0.717) is 16.7 Å². The van der Waals surface area contributed by atoms with Gasteiger partial charge in [0.15, 0.2) is 6.10 Å². The van der Waals surface area contributed by atoms with E-state index in [1.165, 1.54) is 0 Å². The number of halogens is 1. The molecule has 0 aliphatic heterocycles. The predicted octanol–water partition coefficient (Wildman–Crippen LogP) is 5.01. The van der Waals surface area contributed by atoms with E-state index in [1.54, 1.807) is 19.1 Å². The Bertz CT molecular complexity index is 658. The van der Waals surface area contributed by atoms with Crippen LogP contribution in [0.2, 0.25) is 5.02 Å². The van der Waals surface area contributed by atoms with E-state index < -0.39 is 6.10 Å². The zero-order valence-corrected chi connectivity index (χ0v) is 15.1. The molecule has 0 unspecified atom stereocenters. The van der Waals surface area contributed by atoms with Crippen molar-refractivity contribution in [2.45, 2.75) is 39.3 Å². The summed E-state index contributed by atoms with van der Waals surface area (Å²) < 4.78 is 5.70. The minimum atomic E-state index is -0.622. The van der Waals surface area contributed by atoms with Crippen molar-refractivity contribution in [2.24, 2.45) is 5.92 Å². The lowest BCUT2D eigenvalue weighted by molar-refractivity contribution is -0.128. The molecule has 0 spiro atoms. The lowest BCUT2D eigenvalue weighted by Crippen LogP contribution is -2.39. The van der Waals surface area contributed by atoms with Crippen molar-refractivity contribution >= 4 is 17.5 Å². The maximum Gasteiger partial charge on any atom is 0.261 e. The number of nitrogens with one attached hydrogen (secondary N) is 1. The Morgan fingerprint density at radius 2 is 1.67 bits per heavy atom. The number of amides is 1. The Morgan fingerprint density at radius 1 is 1.04 bits per heavy atom. The molecule has 3 nitrogen and oxygen atoms in total. The van der Waals surface area contributed by atoms with Crippen LogP contribution < -0.4 is 10.1 Å². The first-order valence-electron chi connectivity index (χ1n) is 8.24. The molecule has 0 saturated carbocycles. The van der Waals surface area contributed by atoms with Gasteiger partial charge in [0.1, 0.15) is 5.75 Å². The summed E-state index contributed by atoms with van der Waals surface area (Å²) in [5.74, 6) is 0.835. The smallest absolute Gasteiger partial charge is 0.261 e. The van der Waals surface area contributed by atoms with Crippen LogP contribution in [-0.4, -0.2) is 12.0 Å². The van der Waals surface area contributed by atoms with Crippen molar-refractivity contribution in [3.8, 4) is 5.75 Å². The zero-order chi connectivity index (χ0) is 17.5. The molecule has 0 aliphatic rings. The van der Waals surface area contributed by atoms with Crippen LogP contribution >= 0.6 is 11.6 Å². The highest BCUT2D eigenvalue weighted by Gasteiger charge is 2.21. The Balaban J connectivity index is 2.05. The third-order valence-electron chi connectivity index (χ3n) is 3.74. The van der Waals surface area contributed by atoms with Gasteiger partial charge >= 0.3 is 0 Å². The molecule has 0 bridgehead atoms. The van der Waals surface area contributed by atoms with Gasteiger partial charge in [0.05, 0.1) is 11.1 Å². The van der Waals surface area contributed by atoms with Crippen LogP contribution in [0.15, 0.2) is 54.6 Å². The minimum absolute atomic E-state index is 0.0315. The minimum Gasteiger partial charge on any atom is -0.479 e. The number of ether oxygens (including phenoxy) is 1. The molecule has 0 radical (unpaired) electrons. The van der Waals surface area contributed by atoms with Crippen LogP contribution in [0.25, 0.3) is 0 Å². The highest BCUT2D eigenvalue weighted by molar-refractivity contribution is 6.32. The summed E-state index contributed by atoms with van der Waals surface area (Å²) >= 11 is 6.09. The first-order valence-corrected chi connectivity index (χ1v) is 8.61. The molecule has 1 N–H and O–H groups in total. The highest BCUT2D eigenvalue weighted by Crippen LogP contribution is 2.25. The maximum absolute atomic E-state index is 12.5. The van der Waals surface area contributed by atoms with Crippen LogP contribution in [0.4, 0.5) is 0 Å². The van der Waals surface area contributed by atoms with Gasteiger partial charge in [-0.3, -0.25) is 4.79 Å². The molecular weight excluding hydrogens is 322 g/mol. The summed E-state index contributed by atoms with van der Waals surface area (Å²) in [6.45, 7) is 6.02. The number of hydrogen-bond donors (Lipinski definition) is 1. The van der Waals surface area contributed by atoms with E-state index >= 15 is 0 Å². The van der Waals surface area contributed by atoms with E-state index in [-0.39, 0.29) is 11.9 Å². The van der Waals surface area contributed by atoms with Crippen LogP contribution in [0.1, 0.15) is 38.8 Å². The van der Waals surface area contributed by atoms with Crippen molar-refractivity contribution < 1.29 is 9.53 Å². The molecule has 2 aromatic rings. The standard InChI is InChI=1S/C20H24ClNO2/c1-14(2)13-18(16-9-5-4-6-10-16)22-20(23)15(3)24-19-12-8-7-11-17(19)21/h4-12,14-15,18H,13H2,1-3H3,(H,22,23)/t15-,18-/m0/s1. The Labute approximate surface area is 149 Å². The molecule has 0 saturated heterocycles. The Morgan fingerprint density at radius 3 is 2.29 bits per heavy atom. The predicted molar refractivity (Wildman–Crippen MR) is 98.3 cm³/mol. The highest BCUT2D eigenvalue weighted by atomic mass is 35.5. The van der Waals surface area contributed by atoms with Gasteiger partial charge in [-0.25, -0.2) is 0 Å². The quantitative estimate of drug-likeness (QED) is 0.765. The fourth-order valence-corrected chi connectivity index (χ4v) is 2.69. The first-order chi connectivity index (χ1) is 11.5. The van der Waals surface area contributed by atoms with Crippen LogP contribution in [0.5, 0.6) is 5.75 Å². The normalized spacial score (nSPS) is 13.4. The third-order valence-corrected chi connectivity index (χ3v) is 4.05. The van der Waals surface area contributed by atoms with E-state index in [4.69, 9.17) is 16.3 Å². The van der Waals surface area contributed by atoms with Crippen LogP contribution in [0.3, 0.4) is 0 Å². The average Bonchev–Trinajstić information content (AvgIpc) is 2.56. The molecule has 24 heavy (non-hydrogen) atoms. The molecule has 0 heterocycles. The lowest BCUT2D eigenvalue weighted by atomic mass is 9.97. The van der Waals surface area contributed by atoms with Crippen LogP contribution in [-0.2, 0) is 4.79 Å². The maximum atomic E-state index is 12.5. The molecule has 2 aromatic carbocycles. The average molecular weight is 346 g/mol. The topological polar surface area (TPSA) is 38.3 Å². The fourth-order valence-electron chi connectivity index (χ4n) is 2.51. The second-order valence-electron chi connectivity index (χ2n) is 6.29. The van der Waals surface area contributed by atoms with Gasteiger partial charge in [0.25, 0.3) is 5.91 Å². The molecule has 128 valence electrons. The van der Waals surface area contributed by atoms with Crippen molar-refractivity contribution in [1.82, 2.24) is 5.32 Å². The second kappa shape index (κ2) is 8.74. The van der Waals surface area contributed by atoms with Crippen molar-refractivity contribution in [3.63, 3.8) is 0 Å². The van der Waals surface area contributed by atoms with E-state index in [9.17, 15) is 4.79 Å². The van der Waals surface area contributed by atoms with Crippen molar-refractivity contribution in [1.29, 1.82) is 0 Å². The molecule has 2 rings (SSSR count). The zero-order valence-electron chi connectivity index (χ0n) is 14.3. The van der Waals surface area contributed by atoms with Crippen molar-refractivity contribution in [2.75, 3.05) is 0 Å². The number of benzene rings is 2. The number of hydrogen-bond acceptors (Lipinski definition) is 2. The van der Waals surface area contributed by atoms with Crippen LogP contribution in [0, 0.1) is 5.92 Å². The lowest BCUT2D eigenvalue weighted by Gasteiger charge is -2.23. The largest absolute Gasteiger partial charge is 0.479 e. The van der Waals surface area contributed by atoms with Gasteiger partial charge in [-0.2, -0.15) is 0 Å². The molecule has 0 aliphatic carbocycles. The molecule has 2 atom stereocenters.